The Balaban J connectivity index is 2.13. The van der Waals surface area contributed by atoms with Crippen molar-refractivity contribution in [3.63, 3.8) is 0 Å². The monoisotopic (exact) mass is 195 g/mol. The average molecular weight is 195 g/mol. The molecule has 0 bridgehead atoms. The average Bonchev–Trinajstić information content (AvgIpc) is 2.48. The molecular weight excluding hydrogens is 181 g/mol. The third-order valence-corrected chi connectivity index (χ3v) is 2.71. The van der Waals surface area contributed by atoms with Gasteiger partial charge in [-0.05, 0) is 18.1 Å². The van der Waals surface area contributed by atoms with E-state index in [2.05, 4.69) is 16.8 Å². The summed E-state index contributed by atoms with van der Waals surface area (Å²) in [6.07, 6.45) is 1.24. The van der Waals surface area contributed by atoms with E-state index in [4.69, 9.17) is 5.73 Å². The number of pyridine rings is 1. The smallest absolute Gasteiger partial charge is 0.141 e. The van der Waals surface area contributed by atoms with Crippen LogP contribution in [0.15, 0.2) is 18.3 Å². The molecule has 1 fully saturated rings. The molecule has 2 unspecified atom stereocenters. The summed E-state index contributed by atoms with van der Waals surface area (Å²) in [4.78, 5) is 6.12. The fourth-order valence-corrected chi connectivity index (χ4v) is 1.73. The highest BCUT2D eigenvalue weighted by atomic mass is 19.1. The highest BCUT2D eigenvalue weighted by Gasteiger charge is 2.27. The molecule has 4 heteroatoms. The van der Waals surface area contributed by atoms with Crippen LogP contribution in [0.1, 0.15) is 6.92 Å². The molecular formula is C10H14FN3. The maximum absolute atomic E-state index is 12.6. The van der Waals surface area contributed by atoms with Crippen molar-refractivity contribution >= 4 is 5.82 Å². The number of hydrogen-bond donors (Lipinski definition) is 1. The van der Waals surface area contributed by atoms with Crippen LogP contribution in [0.5, 0.6) is 0 Å². The molecule has 76 valence electrons. The van der Waals surface area contributed by atoms with Crippen LogP contribution in [-0.2, 0) is 0 Å². The highest BCUT2D eigenvalue weighted by Crippen LogP contribution is 2.20. The molecule has 14 heavy (non-hydrogen) atoms. The fourth-order valence-electron chi connectivity index (χ4n) is 1.73. The van der Waals surface area contributed by atoms with E-state index in [1.807, 2.05) is 0 Å². The molecule has 0 saturated carbocycles. The van der Waals surface area contributed by atoms with Crippen molar-refractivity contribution in [3.8, 4) is 0 Å². The summed E-state index contributed by atoms with van der Waals surface area (Å²) in [5.74, 6) is 0.985. The first-order valence-electron chi connectivity index (χ1n) is 4.79. The standard InChI is InChI=1S/C10H14FN3/c1-7-5-14(6-9(7)12)10-3-2-8(11)4-13-10/h2-4,7,9H,5-6,12H2,1H3. The van der Waals surface area contributed by atoms with Crippen molar-refractivity contribution in [3.05, 3.63) is 24.1 Å². The van der Waals surface area contributed by atoms with Crippen molar-refractivity contribution in [2.75, 3.05) is 18.0 Å². The molecule has 0 spiro atoms. The summed E-state index contributed by atoms with van der Waals surface area (Å²) in [5.41, 5.74) is 5.89. The van der Waals surface area contributed by atoms with Crippen molar-refractivity contribution < 1.29 is 4.39 Å². The summed E-state index contributed by atoms with van der Waals surface area (Å²) >= 11 is 0. The first kappa shape index (κ1) is 9.40. The van der Waals surface area contributed by atoms with E-state index in [9.17, 15) is 4.39 Å². The molecule has 1 saturated heterocycles. The van der Waals surface area contributed by atoms with Crippen LogP contribution in [0, 0.1) is 11.7 Å². The first-order valence-corrected chi connectivity index (χ1v) is 4.79. The Labute approximate surface area is 82.7 Å². The van der Waals surface area contributed by atoms with Crippen molar-refractivity contribution in [1.82, 2.24) is 4.98 Å². The van der Waals surface area contributed by atoms with Crippen molar-refractivity contribution in [2.45, 2.75) is 13.0 Å². The molecule has 0 aliphatic carbocycles. The number of nitrogens with two attached hydrogens (primary N) is 1. The summed E-state index contributed by atoms with van der Waals surface area (Å²) in [6.45, 7) is 3.83. The molecule has 2 heterocycles. The van der Waals surface area contributed by atoms with Gasteiger partial charge >= 0.3 is 0 Å². The summed E-state index contributed by atoms with van der Waals surface area (Å²) in [5, 5.41) is 0. The number of rotatable bonds is 1. The van der Waals surface area contributed by atoms with Gasteiger partial charge in [-0.2, -0.15) is 0 Å². The van der Waals surface area contributed by atoms with Gasteiger partial charge in [0.1, 0.15) is 11.6 Å². The van der Waals surface area contributed by atoms with E-state index >= 15 is 0 Å². The van der Waals surface area contributed by atoms with Crippen LogP contribution in [0.4, 0.5) is 10.2 Å². The topological polar surface area (TPSA) is 42.2 Å². The van der Waals surface area contributed by atoms with Crippen LogP contribution in [0.2, 0.25) is 0 Å². The molecule has 2 N–H and O–H groups in total. The minimum absolute atomic E-state index is 0.196. The minimum Gasteiger partial charge on any atom is -0.355 e. The largest absolute Gasteiger partial charge is 0.355 e. The van der Waals surface area contributed by atoms with Crippen LogP contribution in [-0.4, -0.2) is 24.1 Å². The van der Waals surface area contributed by atoms with Gasteiger partial charge in [-0.25, -0.2) is 9.37 Å². The summed E-state index contributed by atoms with van der Waals surface area (Å²) < 4.78 is 12.6. The second-order valence-corrected chi connectivity index (χ2v) is 3.88. The lowest BCUT2D eigenvalue weighted by atomic mass is 10.1. The Bertz CT molecular complexity index is 302. The first-order chi connectivity index (χ1) is 6.66. The van der Waals surface area contributed by atoms with Crippen molar-refractivity contribution in [1.29, 1.82) is 0 Å². The fraction of sp³-hybridized carbons (Fsp3) is 0.500. The number of hydrogen-bond acceptors (Lipinski definition) is 3. The molecule has 3 nitrogen and oxygen atoms in total. The Morgan fingerprint density at radius 1 is 1.50 bits per heavy atom. The number of anilines is 1. The van der Waals surface area contributed by atoms with Crippen LogP contribution >= 0.6 is 0 Å². The third kappa shape index (κ3) is 1.70. The Morgan fingerprint density at radius 2 is 2.29 bits per heavy atom. The van der Waals surface area contributed by atoms with Gasteiger partial charge in [-0.3, -0.25) is 0 Å². The van der Waals surface area contributed by atoms with Gasteiger partial charge in [0.25, 0.3) is 0 Å². The zero-order chi connectivity index (χ0) is 10.1. The number of aromatic nitrogens is 1. The second kappa shape index (κ2) is 3.53. The van der Waals surface area contributed by atoms with E-state index in [1.165, 1.54) is 12.3 Å². The highest BCUT2D eigenvalue weighted by molar-refractivity contribution is 5.40. The third-order valence-electron chi connectivity index (χ3n) is 2.71. The van der Waals surface area contributed by atoms with E-state index in [-0.39, 0.29) is 11.9 Å². The van der Waals surface area contributed by atoms with Gasteiger partial charge in [-0.15, -0.1) is 0 Å². The lowest BCUT2D eigenvalue weighted by molar-refractivity contribution is 0.566. The zero-order valence-corrected chi connectivity index (χ0v) is 8.15. The zero-order valence-electron chi connectivity index (χ0n) is 8.15. The van der Waals surface area contributed by atoms with Gasteiger partial charge in [0.2, 0.25) is 0 Å². The van der Waals surface area contributed by atoms with Crippen LogP contribution in [0.25, 0.3) is 0 Å². The van der Waals surface area contributed by atoms with Gasteiger partial charge in [0.15, 0.2) is 0 Å². The van der Waals surface area contributed by atoms with E-state index < -0.39 is 0 Å². The molecule has 0 radical (unpaired) electrons. The van der Waals surface area contributed by atoms with Gasteiger partial charge in [0, 0.05) is 19.1 Å². The predicted octanol–water partition coefficient (Wildman–Crippen LogP) is 1.00. The van der Waals surface area contributed by atoms with Crippen LogP contribution < -0.4 is 10.6 Å². The molecule has 1 aromatic heterocycles. The Hall–Kier alpha value is -1.16. The van der Waals surface area contributed by atoms with Gasteiger partial charge < -0.3 is 10.6 Å². The summed E-state index contributed by atoms with van der Waals surface area (Å²) in [6, 6.07) is 3.32. The Kier molecular flexibility index (Phi) is 2.37. The van der Waals surface area contributed by atoms with E-state index in [1.54, 1.807) is 6.07 Å². The lowest BCUT2D eigenvalue weighted by Crippen LogP contribution is -2.28. The van der Waals surface area contributed by atoms with Crippen LogP contribution in [0.3, 0.4) is 0 Å². The summed E-state index contributed by atoms with van der Waals surface area (Å²) in [7, 11) is 0. The molecule has 2 rings (SSSR count). The van der Waals surface area contributed by atoms with Gasteiger partial charge in [0.05, 0.1) is 6.20 Å². The lowest BCUT2D eigenvalue weighted by Gasteiger charge is -2.16. The normalized spacial score (nSPS) is 26.9. The molecule has 0 amide bonds. The van der Waals surface area contributed by atoms with Gasteiger partial charge in [-0.1, -0.05) is 6.92 Å². The van der Waals surface area contributed by atoms with E-state index in [0.29, 0.717) is 5.92 Å². The molecule has 2 atom stereocenters. The second-order valence-electron chi connectivity index (χ2n) is 3.88. The molecule has 1 aliphatic rings. The quantitative estimate of drug-likeness (QED) is 0.727. The molecule has 0 aromatic carbocycles. The molecule has 1 aliphatic heterocycles. The van der Waals surface area contributed by atoms with Crippen molar-refractivity contribution in [2.24, 2.45) is 11.7 Å². The maximum atomic E-state index is 12.6. The maximum Gasteiger partial charge on any atom is 0.141 e. The Morgan fingerprint density at radius 3 is 2.79 bits per heavy atom. The minimum atomic E-state index is -0.301. The van der Waals surface area contributed by atoms with E-state index in [0.717, 1.165) is 18.9 Å². The SMILES string of the molecule is CC1CN(c2ccc(F)cn2)CC1N. The number of nitrogens with zero attached hydrogens (tertiary/aromatic N) is 2. The number of halogens is 1. The predicted molar refractivity (Wildman–Crippen MR) is 53.5 cm³/mol. The molecule has 1 aromatic rings.